The van der Waals surface area contributed by atoms with Crippen LogP contribution in [0.15, 0.2) is 36.4 Å². The molecule has 0 bridgehead atoms. The predicted molar refractivity (Wildman–Crippen MR) is 90.4 cm³/mol. The standard InChI is InChI=1S/C14H13Cl3NO2P/c1-9-3-5-12(17)14(7-9)20-21(2,19)18-13-8-10(15)4-6-11(13)16/h3-8H,1-2H3,(H,18,19)/t21-/m0/s1. The van der Waals surface area contributed by atoms with Crippen LogP contribution in [-0.2, 0) is 4.57 Å². The molecule has 0 aliphatic carbocycles. The van der Waals surface area contributed by atoms with E-state index in [4.69, 9.17) is 39.3 Å². The molecule has 0 aromatic heterocycles. The van der Waals surface area contributed by atoms with Crippen molar-refractivity contribution in [3.05, 3.63) is 57.0 Å². The minimum Gasteiger partial charge on any atom is -0.427 e. The van der Waals surface area contributed by atoms with E-state index in [2.05, 4.69) is 5.09 Å². The summed E-state index contributed by atoms with van der Waals surface area (Å²) < 4.78 is 18.1. The average molecular weight is 365 g/mol. The van der Waals surface area contributed by atoms with Crippen LogP contribution >= 0.6 is 42.3 Å². The molecule has 1 atom stereocenters. The van der Waals surface area contributed by atoms with Gasteiger partial charge in [0.15, 0.2) is 0 Å². The third kappa shape index (κ3) is 4.55. The molecule has 0 heterocycles. The smallest absolute Gasteiger partial charge is 0.338 e. The SMILES string of the molecule is Cc1ccc(Cl)c(O[P@](C)(=O)Nc2cc(Cl)ccc2Cl)c1. The van der Waals surface area contributed by atoms with Gasteiger partial charge < -0.3 is 9.61 Å². The van der Waals surface area contributed by atoms with Crippen molar-refractivity contribution >= 4 is 48.0 Å². The van der Waals surface area contributed by atoms with Crippen LogP contribution in [0.2, 0.25) is 15.1 Å². The van der Waals surface area contributed by atoms with E-state index in [1.54, 1.807) is 30.3 Å². The maximum absolute atomic E-state index is 12.6. The van der Waals surface area contributed by atoms with E-state index in [-0.39, 0.29) is 0 Å². The van der Waals surface area contributed by atoms with Crippen LogP contribution in [-0.4, -0.2) is 6.66 Å². The number of hydrogen-bond acceptors (Lipinski definition) is 2. The van der Waals surface area contributed by atoms with E-state index in [1.807, 2.05) is 13.0 Å². The summed E-state index contributed by atoms with van der Waals surface area (Å²) in [6.07, 6.45) is 0. The van der Waals surface area contributed by atoms with Crippen LogP contribution in [0, 0.1) is 6.92 Å². The minimum absolute atomic E-state index is 0.355. The number of rotatable bonds is 4. The Bertz CT molecular complexity index is 664. The molecule has 0 saturated carbocycles. The molecular formula is C14H13Cl3NO2P. The Morgan fingerprint density at radius 1 is 1.05 bits per heavy atom. The van der Waals surface area contributed by atoms with Gasteiger partial charge in [-0.1, -0.05) is 40.9 Å². The highest BCUT2D eigenvalue weighted by Gasteiger charge is 2.20. The first-order valence-corrected chi connectivity index (χ1v) is 9.24. The Balaban J connectivity index is 2.24. The van der Waals surface area contributed by atoms with Gasteiger partial charge in [-0.25, -0.2) is 0 Å². The second-order valence-corrected chi connectivity index (χ2v) is 7.96. The average Bonchev–Trinajstić information content (AvgIpc) is 2.37. The summed E-state index contributed by atoms with van der Waals surface area (Å²) in [4.78, 5) is 0. The molecule has 2 rings (SSSR count). The number of halogens is 3. The number of benzene rings is 2. The lowest BCUT2D eigenvalue weighted by molar-refractivity contribution is 0.493. The summed E-state index contributed by atoms with van der Waals surface area (Å²) in [7, 11) is -3.21. The zero-order valence-corrected chi connectivity index (χ0v) is 14.5. The summed E-state index contributed by atoms with van der Waals surface area (Å²) in [6.45, 7) is 3.34. The zero-order chi connectivity index (χ0) is 15.6. The second kappa shape index (κ2) is 6.50. The molecular weight excluding hydrogens is 351 g/mol. The Labute approximate surface area is 138 Å². The molecule has 2 aromatic rings. The van der Waals surface area contributed by atoms with Crippen molar-refractivity contribution in [1.29, 1.82) is 0 Å². The molecule has 0 radical (unpaired) electrons. The topological polar surface area (TPSA) is 38.3 Å². The first-order valence-electron chi connectivity index (χ1n) is 6.03. The monoisotopic (exact) mass is 363 g/mol. The molecule has 2 aromatic carbocycles. The fourth-order valence-electron chi connectivity index (χ4n) is 1.69. The van der Waals surface area contributed by atoms with Crippen LogP contribution in [0.25, 0.3) is 0 Å². The minimum atomic E-state index is -3.21. The summed E-state index contributed by atoms with van der Waals surface area (Å²) in [5.74, 6) is 0.355. The molecule has 0 spiro atoms. The van der Waals surface area contributed by atoms with Crippen molar-refractivity contribution in [1.82, 2.24) is 0 Å². The molecule has 0 aliphatic heterocycles. The summed E-state index contributed by atoms with van der Waals surface area (Å²) in [5.41, 5.74) is 1.40. The fraction of sp³-hybridized carbons (Fsp3) is 0.143. The van der Waals surface area contributed by atoms with Gasteiger partial charge in [-0.2, -0.15) is 0 Å². The quantitative estimate of drug-likeness (QED) is 0.650. The number of anilines is 1. The van der Waals surface area contributed by atoms with Crippen LogP contribution in [0.3, 0.4) is 0 Å². The van der Waals surface area contributed by atoms with Gasteiger partial charge in [0.2, 0.25) is 0 Å². The molecule has 0 saturated heterocycles. The number of hydrogen-bond donors (Lipinski definition) is 1. The molecule has 0 fully saturated rings. The van der Waals surface area contributed by atoms with Crippen molar-refractivity contribution in [2.24, 2.45) is 0 Å². The highest BCUT2D eigenvalue weighted by molar-refractivity contribution is 7.60. The Morgan fingerprint density at radius 3 is 2.43 bits per heavy atom. The van der Waals surface area contributed by atoms with Crippen LogP contribution in [0.1, 0.15) is 5.56 Å². The van der Waals surface area contributed by atoms with Crippen molar-refractivity contribution in [2.75, 3.05) is 11.8 Å². The number of aryl methyl sites for hydroxylation is 1. The highest BCUT2D eigenvalue weighted by Crippen LogP contribution is 2.47. The van der Waals surface area contributed by atoms with Gasteiger partial charge in [-0.15, -0.1) is 0 Å². The van der Waals surface area contributed by atoms with Gasteiger partial charge in [0.05, 0.1) is 15.7 Å². The lowest BCUT2D eigenvalue weighted by Crippen LogP contribution is -2.03. The van der Waals surface area contributed by atoms with Gasteiger partial charge in [0, 0.05) is 11.7 Å². The summed E-state index contributed by atoms with van der Waals surface area (Å²) >= 11 is 18.0. The summed E-state index contributed by atoms with van der Waals surface area (Å²) in [6, 6.07) is 10.1. The maximum Gasteiger partial charge on any atom is 0.338 e. The Hall–Kier alpha value is -0.860. The van der Waals surface area contributed by atoms with E-state index < -0.39 is 7.52 Å². The van der Waals surface area contributed by atoms with E-state index in [9.17, 15) is 4.57 Å². The van der Waals surface area contributed by atoms with E-state index >= 15 is 0 Å². The first-order chi connectivity index (χ1) is 9.77. The lowest BCUT2D eigenvalue weighted by Gasteiger charge is -2.19. The molecule has 0 amide bonds. The van der Waals surface area contributed by atoms with Crippen LogP contribution in [0.5, 0.6) is 5.75 Å². The molecule has 0 unspecified atom stereocenters. The van der Waals surface area contributed by atoms with Gasteiger partial charge in [-0.3, -0.25) is 4.57 Å². The molecule has 1 N–H and O–H groups in total. The van der Waals surface area contributed by atoms with Gasteiger partial charge >= 0.3 is 7.52 Å². The number of nitrogens with one attached hydrogen (secondary N) is 1. The van der Waals surface area contributed by atoms with Crippen molar-refractivity contribution in [3.63, 3.8) is 0 Å². The summed E-state index contributed by atoms with van der Waals surface area (Å²) in [5, 5.41) is 4.06. The van der Waals surface area contributed by atoms with Crippen molar-refractivity contribution in [3.8, 4) is 5.75 Å². The van der Waals surface area contributed by atoms with Gasteiger partial charge in [0.1, 0.15) is 5.75 Å². The van der Waals surface area contributed by atoms with Gasteiger partial charge in [-0.05, 0) is 42.8 Å². The third-order valence-electron chi connectivity index (χ3n) is 2.61. The first kappa shape index (κ1) is 16.5. The molecule has 3 nitrogen and oxygen atoms in total. The van der Waals surface area contributed by atoms with E-state index in [1.165, 1.54) is 6.66 Å². The van der Waals surface area contributed by atoms with Crippen LogP contribution < -0.4 is 9.61 Å². The van der Waals surface area contributed by atoms with E-state index in [0.717, 1.165) is 5.56 Å². The molecule has 7 heteroatoms. The fourth-order valence-corrected chi connectivity index (χ4v) is 3.50. The predicted octanol–water partition coefficient (Wildman–Crippen LogP) is 6.27. The normalized spacial score (nSPS) is 13.6. The molecule has 0 aliphatic rings. The lowest BCUT2D eigenvalue weighted by atomic mass is 10.2. The second-order valence-electron chi connectivity index (χ2n) is 4.61. The van der Waals surface area contributed by atoms with Crippen molar-refractivity contribution in [2.45, 2.75) is 6.92 Å². The zero-order valence-electron chi connectivity index (χ0n) is 11.4. The van der Waals surface area contributed by atoms with Crippen LogP contribution in [0.4, 0.5) is 5.69 Å². The Kier molecular flexibility index (Phi) is 5.11. The van der Waals surface area contributed by atoms with Crippen molar-refractivity contribution < 1.29 is 9.09 Å². The maximum atomic E-state index is 12.6. The molecule has 21 heavy (non-hydrogen) atoms. The largest absolute Gasteiger partial charge is 0.427 e. The third-order valence-corrected chi connectivity index (χ3v) is 4.68. The Morgan fingerprint density at radius 2 is 1.71 bits per heavy atom. The molecule has 112 valence electrons. The van der Waals surface area contributed by atoms with Gasteiger partial charge in [0.25, 0.3) is 0 Å². The van der Waals surface area contributed by atoms with E-state index in [0.29, 0.717) is 26.5 Å². The highest BCUT2D eigenvalue weighted by atomic mass is 35.5.